The van der Waals surface area contributed by atoms with E-state index >= 15 is 0 Å². The average molecular weight is 444 g/mol. The lowest BCUT2D eigenvalue weighted by Crippen LogP contribution is -1.98. The van der Waals surface area contributed by atoms with E-state index < -0.39 is 9.84 Å². The van der Waals surface area contributed by atoms with E-state index in [-0.39, 0.29) is 4.90 Å². The number of pyridine rings is 2. The van der Waals surface area contributed by atoms with Crippen LogP contribution in [-0.4, -0.2) is 34.4 Å². The molecule has 0 radical (unpaired) electrons. The molecule has 5 rings (SSSR count). The Labute approximate surface area is 185 Å². The molecule has 0 unspecified atom stereocenters. The molecule has 5 aromatic rings. The first-order chi connectivity index (χ1) is 15.3. The lowest BCUT2D eigenvalue weighted by molar-refractivity contribution is 0.602. The van der Waals surface area contributed by atoms with Crippen molar-refractivity contribution >= 4 is 43.0 Å². The quantitative estimate of drug-likeness (QED) is 0.435. The summed E-state index contributed by atoms with van der Waals surface area (Å²) in [6.07, 6.45) is 6.68. The van der Waals surface area contributed by atoms with Gasteiger partial charge in [0.15, 0.2) is 9.84 Å². The van der Waals surface area contributed by atoms with Gasteiger partial charge in [0.05, 0.1) is 22.3 Å². The molecular formula is C24H21N5O2S. The van der Waals surface area contributed by atoms with E-state index in [2.05, 4.69) is 39.4 Å². The van der Waals surface area contributed by atoms with Crippen molar-refractivity contribution in [1.29, 1.82) is 0 Å². The number of fused-ring (bicyclic) bond motifs is 2. The van der Waals surface area contributed by atoms with Crippen molar-refractivity contribution in [2.24, 2.45) is 7.05 Å². The molecule has 0 aliphatic rings. The minimum Gasteiger partial charge on any atom is -0.340 e. The molecule has 0 aliphatic carbocycles. The number of nitrogens with zero attached hydrogens (tertiary/aromatic N) is 4. The summed E-state index contributed by atoms with van der Waals surface area (Å²) in [4.78, 5) is 9.48. The molecule has 3 aromatic heterocycles. The van der Waals surface area contributed by atoms with Crippen molar-refractivity contribution < 1.29 is 8.42 Å². The number of nitrogens with one attached hydrogen (secondary N) is 1. The topological polar surface area (TPSA) is 89.8 Å². The van der Waals surface area contributed by atoms with Gasteiger partial charge in [-0.1, -0.05) is 6.07 Å². The first kappa shape index (κ1) is 20.1. The summed E-state index contributed by atoms with van der Waals surface area (Å²) in [6, 6.07) is 14.7. The molecule has 0 spiro atoms. The van der Waals surface area contributed by atoms with Gasteiger partial charge in [0.1, 0.15) is 5.82 Å². The van der Waals surface area contributed by atoms with E-state index in [1.807, 2.05) is 36.3 Å². The number of hydrogen-bond donors (Lipinski definition) is 1. The normalized spacial score (nSPS) is 11.8. The van der Waals surface area contributed by atoms with Gasteiger partial charge in [-0.2, -0.15) is 5.10 Å². The maximum Gasteiger partial charge on any atom is 0.175 e. The third-order valence-electron chi connectivity index (χ3n) is 5.66. The summed E-state index contributed by atoms with van der Waals surface area (Å²) >= 11 is 0. The third kappa shape index (κ3) is 3.48. The van der Waals surface area contributed by atoms with E-state index in [0.717, 1.165) is 44.2 Å². The predicted molar refractivity (Wildman–Crippen MR) is 127 cm³/mol. The standard InChI is InChI=1S/C24H21N5O2S/c1-15-19(8-9-22-21(15)14-27-29(22)2)24-20-12-23(26-13-16(20)10-11-25-24)28-17-4-6-18(7-5-17)32(3,30)31/h4-14H,1-3H3,(H,26,28). The number of anilines is 2. The number of hydrogen-bond acceptors (Lipinski definition) is 6. The molecule has 0 fully saturated rings. The second-order valence-corrected chi connectivity index (χ2v) is 9.83. The minimum absolute atomic E-state index is 0.280. The molecule has 0 aliphatic heterocycles. The van der Waals surface area contributed by atoms with E-state index in [0.29, 0.717) is 5.82 Å². The van der Waals surface area contributed by atoms with Crippen LogP contribution in [0.5, 0.6) is 0 Å². The Morgan fingerprint density at radius 1 is 0.938 bits per heavy atom. The first-order valence-electron chi connectivity index (χ1n) is 10.0. The summed E-state index contributed by atoms with van der Waals surface area (Å²) in [7, 11) is -1.30. The first-order valence-corrected chi connectivity index (χ1v) is 11.9. The van der Waals surface area contributed by atoms with Gasteiger partial charge in [-0.3, -0.25) is 9.67 Å². The van der Waals surface area contributed by atoms with Gasteiger partial charge in [-0.25, -0.2) is 13.4 Å². The summed E-state index contributed by atoms with van der Waals surface area (Å²) in [6.45, 7) is 2.09. The van der Waals surface area contributed by atoms with Gasteiger partial charge in [0.25, 0.3) is 0 Å². The van der Waals surface area contributed by atoms with Gasteiger partial charge >= 0.3 is 0 Å². The van der Waals surface area contributed by atoms with Crippen LogP contribution in [0, 0.1) is 6.92 Å². The highest BCUT2D eigenvalue weighted by Gasteiger charge is 2.13. The lowest BCUT2D eigenvalue weighted by Gasteiger charge is -2.12. The highest BCUT2D eigenvalue weighted by molar-refractivity contribution is 7.90. The van der Waals surface area contributed by atoms with E-state index in [9.17, 15) is 8.42 Å². The van der Waals surface area contributed by atoms with Crippen molar-refractivity contribution in [2.75, 3.05) is 11.6 Å². The molecule has 0 bridgehead atoms. The Morgan fingerprint density at radius 3 is 2.47 bits per heavy atom. The van der Waals surface area contributed by atoms with E-state index in [1.165, 1.54) is 6.26 Å². The van der Waals surface area contributed by atoms with Crippen LogP contribution >= 0.6 is 0 Å². The van der Waals surface area contributed by atoms with Crippen LogP contribution in [0.1, 0.15) is 5.56 Å². The molecular weight excluding hydrogens is 422 g/mol. The van der Waals surface area contributed by atoms with Crippen LogP contribution in [0.2, 0.25) is 0 Å². The molecule has 0 saturated heterocycles. The molecule has 3 heterocycles. The highest BCUT2D eigenvalue weighted by Crippen LogP contribution is 2.33. The minimum atomic E-state index is -3.23. The van der Waals surface area contributed by atoms with Crippen LogP contribution in [0.4, 0.5) is 11.5 Å². The number of benzene rings is 2. The summed E-state index contributed by atoms with van der Waals surface area (Å²) < 4.78 is 25.2. The van der Waals surface area contributed by atoms with Crippen LogP contribution in [0.25, 0.3) is 32.9 Å². The van der Waals surface area contributed by atoms with Gasteiger partial charge in [0, 0.05) is 53.1 Å². The van der Waals surface area contributed by atoms with Crippen molar-refractivity contribution in [1.82, 2.24) is 19.7 Å². The van der Waals surface area contributed by atoms with Crippen LogP contribution in [0.3, 0.4) is 0 Å². The third-order valence-corrected chi connectivity index (χ3v) is 6.79. The molecule has 0 amide bonds. The van der Waals surface area contributed by atoms with Crippen molar-refractivity contribution in [3.63, 3.8) is 0 Å². The predicted octanol–water partition coefficient (Wildman–Crippen LogP) is 4.64. The Balaban J connectivity index is 1.58. The number of sulfone groups is 1. The molecule has 8 heteroatoms. The zero-order valence-electron chi connectivity index (χ0n) is 17.9. The Hall–Kier alpha value is -3.78. The fourth-order valence-electron chi connectivity index (χ4n) is 3.90. The van der Waals surface area contributed by atoms with Crippen molar-refractivity contribution in [3.05, 3.63) is 72.7 Å². The Kier molecular flexibility index (Phi) is 4.67. The molecule has 2 aromatic carbocycles. The van der Waals surface area contributed by atoms with Crippen molar-refractivity contribution in [2.45, 2.75) is 11.8 Å². The van der Waals surface area contributed by atoms with Crippen LogP contribution < -0.4 is 5.32 Å². The second kappa shape index (κ2) is 7.42. The molecule has 160 valence electrons. The lowest BCUT2D eigenvalue weighted by atomic mass is 9.98. The smallest absolute Gasteiger partial charge is 0.175 e. The highest BCUT2D eigenvalue weighted by atomic mass is 32.2. The zero-order chi connectivity index (χ0) is 22.5. The second-order valence-electron chi connectivity index (χ2n) is 7.81. The average Bonchev–Trinajstić information content (AvgIpc) is 3.15. The number of aromatic nitrogens is 4. The maximum atomic E-state index is 11.7. The van der Waals surface area contributed by atoms with Crippen LogP contribution in [-0.2, 0) is 16.9 Å². The fraction of sp³-hybridized carbons (Fsp3) is 0.125. The molecule has 0 saturated carbocycles. The van der Waals surface area contributed by atoms with E-state index in [1.54, 1.807) is 30.5 Å². The fourth-order valence-corrected chi connectivity index (χ4v) is 4.53. The Bertz CT molecular complexity index is 1590. The van der Waals surface area contributed by atoms with Gasteiger partial charge < -0.3 is 5.32 Å². The maximum absolute atomic E-state index is 11.7. The van der Waals surface area contributed by atoms with E-state index in [4.69, 9.17) is 0 Å². The molecule has 1 N–H and O–H groups in total. The number of aryl methyl sites for hydroxylation is 2. The summed E-state index contributed by atoms with van der Waals surface area (Å²) in [5, 5.41) is 10.7. The van der Waals surface area contributed by atoms with Gasteiger partial charge in [-0.05, 0) is 55.0 Å². The largest absolute Gasteiger partial charge is 0.340 e. The van der Waals surface area contributed by atoms with Gasteiger partial charge in [-0.15, -0.1) is 0 Å². The van der Waals surface area contributed by atoms with Crippen LogP contribution in [0.15, 0.2) is 72.0 Å². The Morgan fingerprint density at radius 2 is 1.72 bits per heavy atom. The number of rotatable bonds is 4. The van der Waals surface area contributed by atoms with Gasteiger partial charge in [0.2, 0.25) is 0 Å². The summed E-state index contributed by atoms with van der Waals surface area (Å²) in [5.41, 5.74) is 4.88. The molecule has 32 heavy (non-hydrogen) atoms. The SMILES string of the molecule is Cc1c(-c2nccc3cnc(Nc4ccc(S(C)(=O)=O)cc4)cc23)ccc2c1cnn2C. The summed E-state index contributed by atoms with van der Waals surface area (Å²) in [5.74, 6) is 0.652. The zero-order valence-corrected chi connectivity index (χ0v) is 18.7. The monoisotopic (exact) mass is 443 g/mol. The molecule has 7 nitrogen and oxygen atoms in total. The molecule has 0 atom stereocenters. The van der Waals surface area contributed by atoms with Crippen molar-refractivity contribution in [3.8, 4) is 11.3 Å².